The third-order valence-corrected chi connectivity index (χ3v) is 6.67. The third-order valence-electron chi connectivity index (χ3n) is 5.66. The number of carbonyl (C=O) groups excluding carboxylic acids is 2. The number of benzene rings is 1. The number of morpholine rings is 1. The van der Waals surface area contributed by atoms with Gasteiger partial charge in [0.2, 0.25) is 5.91 Å². The smallest absolute Gasteiger partial charge is 0.252 e. The van der Waals surface area contributed by atoms with Crippen LogP contribution in [0.2, 0.25) is 0 Å². The molecular weight excluding hydrogens is 414 g/mol. The molecular formula is C22H25N5O3S. The van der Waals surface area contributed by atoms with E-state index in [1.165, 1.54) is 16.7 Å². The Morgan fingerprint density at radius 2 is 2.19 bits per heavy atom. The normalized spacial score (nSPS) is 23.6. The Morgan fingerprint density at radius 1 is 1.35 bits per heavy atom. The predicted octanol–water partition coefficient (Wildman–Crippen LogP) is 2.00. The van der Waals surface area contributed by atoms with Crippen molar-refractivity contribution in [2.24, 2.45) is 0 Å². The molecule has 1 aromatic heterocycles. The number of nitrogens with one attached hydrogen (secondary N) is 1. The van der Waals surface area contributed by atoms with Crippen molar-refractivity contribution in [1.29, 1.82) is 5.26 Å². The van der Waals surface area contributed by atoms with Crippen molar-refractivity contribution in [3.8, 4) is 6.07 Å². The largest absolute Gasteiger partial charge is 0.375 e. The molecule has 0 radical (unpaired) electrons. The molecule has 162 valence electrons. The quantitative estimate of drug-likeness (QED) is 0.778. The SMILES string of the molecule is C[C@@H]1CN(c2ccc3nccc(C(=O)NCC(=O)N4CSC[C@H]4C#N)c3c2)[C@H](C)CO1. The number of pyridine rings is 1. The number of nitriles is 1. The Bertz CT molecular complexity index is 1040. The minimum absolute atomic E-state index is 0.135. The zero-order valence-corrected chi connectivity index (χ0v) is 18.4. The van der Waals surface area contributed by atoms with E-state index in [9.17, 15) is 9.59 Å². The summed E-state index contributed by atoms with van der Waals surface area (Å²) in [7, 11) is 0. The molecule has 3 atom stereocenters. The molecule has 2 aliphatic heterocycles. The second-order valence-corrected chi connectivity index (χ2v) is 8.90. The number of hydrogen-bond donors (Lipinski definition) is 1. The summed E-state index contributed by atoms with van der Waals surface area (Å²) in [6, 6.07) is 9.51. The Balaban J connectivity index is 1.53. The van der Waals surface area contributed by atoms with Crippen LogP contribution in [-0.4, -0.2) is 71.2 Å². The van der Waals surface area contributed by atoms with Gasteiger partial charge in [0.05, 0.1) is 42.3 Å². The minimum Gasteiger partial charge on any atom is -0.375 e. The molecule has 2 aliphatic rings. The maximum atomic E-state index is 12.9. The molecule has 4 rings (SSSR count). The molecule has 1 aromatic carbocycles. The summed E-state index contributed by atoms with van der Waals surface area (Å²) in [6.07, 6.45) is 1.73. The van der Waals surface area contributed by atoms with Crippen LogP contribution in [0.4, 0.5) is 5.69 Å². The molecule has 2 saturated heterocycles. The van der Waals surface area contributed by atoms with Crippen LogP contribution in [0.5, 0.6) is 0 Å². The standard InChI is InChI=1S/C22H25N5O3S/c1-14-11-30-15(2)10-26(14)16-3-4-20-19(7-16)18(5-6-24-20)22(29)25-9-21(28)27-13-31-12-17(27)8-23/h3-7,14-15,17H,9-13H2,1-2H3,(H,25,29)/t14-,15-,17-/m1/s1. The van der Waals surface area contributed by atoms with Gasteiger partial charge >= 0.3 is 0 Å². The molecule has 8 nitrogen and oxygen atoms in total. The van der Waals surface area contributed by atoms with E-state index in [2.05, 4.69) is 28.2 Å². The second kappa shape index (κ2) is 9.12. The van der Waals surface area contributed by atoms with E-state index in [-0.39, 0.29) is 30.5 Å². The number of rotatable bonds is 4. The first-order valence-electron chi connectivity index (χ1n) is 10.3. The van der Waals surface area contributed by atoms with Crippen LogP contribution >= 0.6 is 11.8 Å². The average molecular weight is 440 g/mol. The Hall–Kier alpha value is -2.83. The van der Waals surface area contributed by atoms with Crippen molar-refractivity contribution >= 4 is 40.2 Å². The highest BCUT2D eigenvalue weighted by Crippen LogP contribution is 2.27. The molecule has 31 heavy (non-hydrogen) atoms. The van der Waals surface area contributed by atoms with E-state index in [4.69, 9.17) is 10.00 Å². The third kappa shape index (κ3) is 4.45. The first-order valence-corrected chi connectivity index (χ1v) is 11.5. The van der Waals surface area contributed by atoms with Crippen LogP contribution in [0.3, 0.4) is 0 Å². The summed E-state index contributed by atoms with van der Waals surface area (Å²) in [4.78, 5) is 33.5. The van der Waals surface area contributed by atoms with E-state index >= 15 is 0 Å². The molecule has 0 bridgehead atoms. The lowest BCUT2D eigenvalue weighted by Crippen LogP contribution is -2.47. The van der Waals surface area contributed by atoms with Gasteiger partial charge in [-0.1, -0.05) is 0 Å². The number of fused-ring (bicyclic) bond motifs is 1. The molecule has 0 spiro atoms. The number of anilines is 1. The van der Waals surface area contributed by atoms with Crippen LogP contribution in [0.1, 0.15) is 24.2 Å². The van der Waals surface area contributed by atoms with E-state index in [0.717, 1.165) is 23.1 Å². The molecule has 0 unspecified atom stereocenters. The van der Waals surface area contributed by atoms with E-state index < -0.39 is 6.04 Å². The molecule has 2 aromatic rings. The van der Waals surface area contributed by atoms with Gasteiger partial charge in [-0.2, -0.15) is 5.26 Å². The fraction of sp³-hybridized carbons (Fsp3) is 0.455. The van der Waals surface area contributed by atoms with Gasteiger partial charge in [0.25, 0.3) is 5.91 Å². The van der Waals surface area contributed by atoms with Crippen molar-refractivity contribution in [2.45, 2.75) is 32.0 Å². The zero-order valence-electron chi connectivity index (χ0n) is 17.6. The summed E-state index contributed by atoms with van der Waals surface area (Å²) in [6.45, 7) is 5.45. The van der Waals surface area contributed by atoms with E-state index in [1.54, 1.807) is 12.3 Å². The van der Waals surface area contributed by atoms with Crippen molar-refractivity contribution in [2.75, 3.05) is 36.2 Å². The summed E-state index contributed by atoms with van der Waals surface area (Å²) in [5.41, 5.74) is 2.21. The number of amides is 2. The Kier molecular flexibility index (Phi) is 6.30. The van der Waals surface area contributed by atoms with Gasteiger partial charge in [-0.3, -0.25) is 14.6 Å². The molecule has 3 heterocycles. The first kappa shape index (κ1) is 21.4. The number of carbonyl (C=O) groups is 2. The van der Waals surface area contributed by atoms with Gasteiger partial charge in [-0.25, -0.2) is 0 Å². The Morgan fingerprint density at radius 3 is 3.00 bits per heavy atom. The molecule has 0 aliphatic carbocycles. The fourth-order valence-corrected chi connectivity index (χ4v) is 5.03. The lowest BCUT2D eigenvalue weighted by molar-refractivity contribution is -0.129. The topological polar surface area (TPSA) is 98.6 Å². The van der Waals surface area contributed by atoms with Gasteiger partial charge in [-0.05, 0) is 38.1 Å². The summed E-state index contributed by atoms with van der Waals surface area (Å²) < 4.78 is 5.73. The highest BCUT2D eigenvalue weighted by atomic mass is 32.2. The van der Waals surface area contributed by atoms with Crippen molar-refractivity contribution < 1.29 is 14.3 Å². The number of ether oxygens (including phenoxy) is 1. The number of thioether (sulfide) groups is 1. The van der Waals surface area contributed by atoms with Gasteiger partial charge in [0.1, 0.15) is 6.04 Å². The predicted molar refractivity (Wildman–Crippen MR) is 120 cm³/mol. The molecule has 2 amide bonds. The molecule has 2 fully saturated rings. The number of nitrogens with zero attached hydrogens (tertiary/aromatic N) is 4. The van der Waals surface area contributed by atoms with Crippen molar-refractivity contribution in [3.63, 3.8) is 0 Å². The zero-order chi connectivity index (χ0) is 22.0. The van der Waals surface area contributed by atoms with Gasteiger partial charge in [0.15, 0.2) is 0 Å². The molecule has 1 N–H and O–H groups in total. The van der Waals surface area contributed by atoms with E-state index in [0.29, 0.717) is 23.8 Å². The maximum Gasteiger partial charge on any atom is 0.252 e. The average Bonchev–Trinajstić information content (AvgIpc) is 3.27. The van der Waals surface area contributed by atoms with Crippen LogP contribution in [0, 0.1) is 11.3 Å². The lowest BCUT2D eigenvalue weighted by Gasteiger charge is -2.38. The highest BCUT2D eigenvalue weighted by Gasteiger charge is 2.29. The minimum atomic E-state index is -0.434. The first-order chi connectivity index (χ1) is 15.0. The van der Waals surface area contributed by atoms with Crippen molar-refractivity contribution in [1.82, 2.24) is 15.2 Å². The number of aromatic nitrogens is 1. The highest BCUT2D eigenvalue weighted by molar-refractivity contribution is 7.99. The van der Waals surface area contributed by atoms with Gasteiger partial charge in [0, 0.05) is 35.6 Å². The summed E-state index contributed by atoms with van der Waals surface area (Å²) in [5.74, 6) is 0.499. The number of hydrogen-bond acceptors (Lipinski definition) is 7. The van der Waals surface area contributed by atoms with Gasteiger partial charge < -0.3 is 19.9 Å². The van der Waals surface area contributed by atoms with Crippen LogP contribution < -0.4 is 10.2 Å². The molecule has 0 saturated carbocycles. The monoisotopic (exact) mass is 439 g/mol. The fourth-order valence-electron chi connectivity index (χ4n) is 3.92. The second-order valence-electron chi connectivity index (χ2n) is 7.90. The maximum absolute atomic E-state index is 12.9. The molecule has 9 heteroatoms. The Labute approximate surface area is 185 Å². The van der Waals surface area contributed by atoms with Gasteiger partial charge in [-0.15, -0.1) is 11.8 Å². The summed E-state index contributed by atoms with van der Waals surface area (Å²) >= 11 is 1.54. The van der Waals surface area contributed by atoms with Crippen LogP contribution in [-0.2, 0) is 9.53 Å². The summed E-state index contributed by atoms with van der Waals surface area (Å²) in [5, 5.41) is 12.6. The van der Waals surface area contributed by atoms with Crippen LogP contribution in [0.15, 0.2) is 30.5 Å². The van der Waals surface area contributed by atoms with E-state index in [1.807, 2.05) is 25.1 Å². The van der Waals surface area contributed by atoms with Crippen molar-refractivity contribution in [3.05, 3.63) is 36.0 Å². The van der Waals surface area contributed by atoms with Crippen LogP contribution in [0.25, 0.3) is 10.9 Å². The lowest BCUT2D eigenvalue weighted by atomic mass is 10.1.